The monoisotopic (exact) mass is 369 g/mol. The van der Waals surface area contributed by atoms with E-state index in [9.17, 15) is 9.18 Å². The lowest BCUT2D eigenvalue weighted by Crippen LogP contribution is -2.01. The maximum Gasteiger partial charge on any atom is 0.166 e. The third kappa shape index (κ3) is 2.99. The molecule has 0 saturated carbocycles. The Morgan fingerprint density at radius 2 is 2.19 bits per heavy atom. The number of furan rings is 1. The van der Waals surface area contributed by atoms with Crippen LogP contribution in [-0.2, 0) is 6.42 Å². The van der Waals surface area contributed by atoms with Gasteiger partial charge >= 0.3 is 0 Å². The van der Waals surface area contributed by atoms with Gasteiger partial charge in [0.15, 0.2) is 17.2 Å². The Balaban J connectivity index is 1.53. The van der Waals surface area contributed by atoms with E-state index in [1.807, 2.05) is 4.40 Å². The quantitative estimate of drug-likeness (QED) is 0.482. The highest BCUT2D eigenvalue weighted by atomic mass is 35.5. The molecule has 3 aromatic heterocycles. The number of nitrogens with zero attached hydrogens (tertiary/aromatic N) is 3. The third-order valence-corrected chi connectivity index (χ3v) is 4.51. The summed E-state index contributed by atoms with van der Waals surface area (Å²) in [6.07, 6.45) is 8.47. The predicted molar refractivity (Wildman–Crippen MR) is 94.8 cm³/mol. The number of carbonyl (C=O) groups excluding carboxylic acids is 1. The molecular weight excluding hydrogens is 357 g/mol. The molecule has 130 valence electrons. The van der Waals surface area contributed by atoms with Gasteiger partial charge < -0.3 is 4.42 Å². The van der Waals surface area contributed by atoms with Gasteiger partial charge in [0.2, 0.25) is 0 Å². The van der Waals surface area contributed by atoms with E-state index in [0.717, 1.165) is 5.69 Å². The van der Waals surface area contributed by atoms with Gasteiger partial charge in [-0.15, -0.1) is 0 Å². The molecule has 1 aromatic carbocycles. The zero-order chi connectivity index (χ0) is 18.1. The first-order valence-corrected chi connectivity index (χ1v) is 8.33. The van der Waals surface area contributed by atoms with Gasteiger partial charge in [-0.25, -0.2) is 9.37 Å². The van der Waals surface area contributed by atoms with Crippen LogP contribution in [0.4, 0.5) is 4.39 Å². The number of hydrogen-bond donors (Lipinski definition) is 0. The van der Waals surface area contributed by atoms with Crippen molar-refractivity contribution in [3.8, 4) is 11.5 Å². The van der Waals surface area contributed by atoms with Crippen LogP contribution in [0.1, 0.15) is 22.3 Å². The van der Waals surface area contributed by atoms with E-state index < -0.39 is 5.82 Å². The van der Waals surface area contributed by atoms with Gasteiger partial charge in [0.05, 0.1) is 18.0 Å². The Morgan fingerprint density at radius 1 is 1.31 bits per heavy atom. The summed E-state index contributed by atoms with van der Waals surface area (Å²) in [7, 11) is 0. The Kier molecular flexibility index (Phi) is 4.26. The minimum atomic E-state index is -0.405. The smallest absolute Gasteiger partial charge is 0.166 e. The second kappa shape index (κ2) is 6.72. The van der Waals surface area contributed by atoms with Crippen LogP contribution in [0, 0.1) is 5.82 Å². The number of hydrogen-bond acceptors (Lipinski definition) is 4. The van der Waals surface area contributed by atoms with Crippen LogP contribution in [-0.4, -0.2) is 20.2 Å². The van der Waals surface area contributed by atoms with Crippen LogP contribution in [0.25, 0.3) is 17.1 Å². The van der Waals surface area contributed by atoms with Gasteiger partial charge in [0, 0.05) is 29.4 Å². The van der Waals surface area contributed by atoms with E-state index in [2.05, 4.69) is 9.97 Å². The molecular formula is C19H13ClFN3O2. The molecule has 0 unspecified atom stereocenters. The Morgan fingerprint density at radius 3 is 3.04 bits per heavy atom. The van der Waals surface area contributed by atoms with E-state index in [1.54, 1.807) is 36.9 Å². The highest BCUT2D eigenvalue weighted by molar-refractivity contribution is 6.31. The normalized spacial score (nSPS) is 11.2. The molecule has 4 aromatic rings. The highest BCUT2D eigenvalue weighted by Crippen LogP contribution is 2.25. The fourth-order valence-electron chi connectivity index (χ4n) is 2.80. The second-order valence-corrected chi connectivity index (χ2v) is 6.18. The largest absolute Gasteiger partial charge is 0.462 e. The predicted octanol–water partition coefficient (Wildman–Crippen LogP) is 4.60. The molecule has 7 heteroatoms. The minimum absolute atomic E-state index is 0.136. The Hall–Kier alpha value is -2.99. The van der Waals surface area contributed by atoms with E-state index in [0.29, 0.717) is 27.6 Å². The van der Waals surface area contributed by atoms with Crippen molar-refractivity contribution in [1.29, 1.82) is 0 Å². The average molecular weight is 370 g/mol. The molecule has 0 aliphatic rings. The number of rotatable bonds is 5. The number of ketones is 1. The van der Waals surface area contributed by atoms with Gasteiger partial charge in [0.25, 0.3) is 0 Å². The zero-order valence-corrected chi connectivity index (χ0v) is 14.3. The SMILES string of the molecule is O=C(CCc1c(F)cccc1Cl)c1coc(-c2cnc3cnccn23)c1. The first kappa shape index (κ1) is 16.5. The summed E-state index contributed by atoms with van der Waals surface area (Å²) in [5.41, 5.74) is 2.18. The first-order valence-electron chi connectivity index (χ1n) is 7.95. The summed E-state index contributed by atoms with van der Waals surface area (Å²) in [6.45, 7) is 0. The number of carbonyl (C=O) groups is 1. The van der Waals surface area contributed by atoms with Crippen molar-refractivity contribution in [3.63, 3.8) is 0 Å². The van der Waals surface area contributed by atoms with Crippen LogP contribution >= 0.6 is 11.6 Å². The molecule has 0 atom stereocenters. The van der Waals surface area contributed by atoms with Gasteiger partial charge in [-0.2, -0.15) is 0 Å². The molecule has 0 bridgehead atoms. The number of fused-ring (bicyclic) bond motifs is 1. The standard InChI is InChI=1S/C19H13ClFN3O2/c20-14-2-1-3-15(21)13(14)4-5-17(25)12-8-18(26-11-12)16-9-23-19-10-22-6-7-24(16)19/h1-3,6-11H,4-5H2. The number of benzene rings is 1. The maximum atomic E-state index is 13.8. The number of imidazole rings is 1. The van der Waals surface area contributed by atoms with Gasteiger partial charge in [-0.1, -0.05) is 17.7 Å². The van der Waals surface area contributed by atoms with E-state index in [-0.39, 0.29) is 18.6 Å². The third-order valence-electron chi connectivity index (χ3n) is 4.15. The van der Waals surface area contributed by atoms with E-state index in [1.165, 1.54) is 18.4 Å². The topological polar surface area (TPSA) is 60.4 Å². The van der Waals surface area contributed by atoms with Gasteiger partial charge in [-0.3, -0.25) is 14.2 Å². The Labute approximate surface area is 153 Å². The van der Waals surface area contributed by atoms with Crippen molar-refractivity contribution >= 4 is 23.0 Å². The average Bonchev–Trinajstić information content (AvgIpc) is 3.28. The summed E-state index contributed by atoms with van der Waals surface area (Å²) in [4.78, 5) is 20.7. The molecule has 0 fully saturated rings. The second-order valence-electron chi connectivity index (χ2n) is 5.77. The number of aromatic nitrogens is 3. The van der Waals surface area contributed by atoms with Crippen LogP contribution in [0.5, 0.6) is 0 Å². The molecule has 5 nitrogen and oxygen atoms in total. The number of Topliss-reactive ketones (excluding diaryl/α,β-unsaturated/α-hetero) is 1. The van der Waals surface area contributed by atoms with Crippen molar-refractivity contribution in [2.75, 3.05) is 0 Å². The van der Waals surface area contributed by atoms with Crippen molar-refractivity contribution in [3.05, 3.63) is 77.3 Å². The molecule has 0 amide bonds. The number of halogens is 2. The summed E-state index contributed by atoms with van der Waals surface area (Å²) in [5, 5.41) is 0.324. The van der Waals surface area contributed by atoms with Crippen LogP contribution < -0.4 is 0 Å². The molecule has 0 radical (unpaired) electrons. The zero-order valence-electron chi connectivity index (χ0n) is 13.5. The van der Waals surface area contributed by atoms with Crippen LogP contribution in [0.15, 0.2) is 59.7 Å². The highest BCUT2D eigenvalue weighted by Gasteiger charge is 2.16. The molecule has 0 spiro atoms. The van der Waals surface area contributed by atoms with Gasteiger partial charge in [0.1, 0.15) is 17.8 Å². The summed E-state index contributed by atoms with van der Waals surface area (Å²) < 4.78 is 21.2. The van der Waals surface area contributed by atoms with Gasteiger partial charge in [-0.05, 0) is 24.6 Å². The lowest BCUT2D eigenvalue weighted by Gasteiger charge is -2.04. The molecule has 0 aliphatic heterocycles. The molecule has 0 aliphatic carbocycles. The molecule has 3 heterocycles. The molecule has 26 heavy (non-hydrogen) atoms. The Bertz CT molecular complexity index is 1080. The molecule has 4 rings (SSSR count). The van der Waals surface area contributed by atoms with Crippen LogP contribution in [0.2, 0.25) is 5.02 Å². The fourth-order valence-corrected chi connectivity index (χ4v) is 3.05. The minimum Gasteiger partial charge on any atom is -0.462 e. The first-order chi connectivity index (χ1) is 12.6. The lowest BCUT2D eigenvalue weighted by atomic mass is 10.0. The van der Waals surface area contributed by atoms with E-state index in [4.69, 9.17) is 16.0 Å². The van der Waals surface area contributed by atoms with Crippen molar-refractivity contribution in [1.82, 2.24) is 14.4 Å². The summed E-state index contributed by atoms with van der Waals surface area (Å²) >= 11 is 6.00. The van der Waals surface area contributed by atoms with Crippen molar-refractivity contribution in [2.45, 2.75) is 12.8 Å². The lowest BCUT2D eigenvalue weighted by molar-refractivity contribution is 0.0982. The molecule has 0 N–H and O–H groups in total. The molecule has 0 saturated heterocycles. The van der Waals surface area contributed by atoms with Crippen molar-refractivity contribution < 1.29 is 13.6 Å². The van der Waals surface area contributed by atoms with Crippen LogP contribution in [0.3, 0.4) is 0 Å². The van der Waals surface area contributed by atoms with Crippen molar-refractivity contribution in [2.24, 2.45) is 0 Å². The summed E-state index contributed by atoms with van der Waals surface area (Å²) in [5.74, 6) is -0.0247. The van der Waals surface area contributed by atoms with E-state index >= 15 is 0 Å². The summed E-state index contributed by atoms with van der Waals surface area (Å²) in [6, 6.07) is 6.15. The fraction of sp³-hybridized carbons (Fsp3) is 0.105. The maximum absolute atomic E-state index is 13.8.